The minimum atomic E-state index is -3.67. The molecule has 6 heteroatoms. The molecule has 0 saturated carbocycles. The summed E-state index contributed by atoms with van der Waals surface area (Å²) in [6, 6.07) is 14.5. The van der Waals surface area contributed by atoms with E-state index in [1.165, 1.54) is 4.31 Å². The fraction of sp³-hybridized carbons (Fsp3) is 0.294. The lowest BCUT2D eigenvalue weighted by atomic mass is 10.2. The van der Waals surface area contributed by atoms with Crippen LogP contribution in [0.2, 0.25) is 5.02 Å². The summed E-state index contributed by atoms with van der Waals surface area (Å²) in [5.74, 6) is 0. The number of aryl methyl sites for hydroxylation is 1. The molecule has 0 unspecified atom stereocenters. The van der Waals surface area contributed by atoms with Gasteiger partial charge in [-0.2, -0.15) is 4.31 Å². The third-order valence-electron chi connectivity index (χ3n) is 3.52. The number of halogens is 1. The van der Waals surface area contributed by atoms with Gasteiger partial charge in [0.2, 0.25) is 10.0 Å². The molecule has 0 atom stereocenters. The molecule has 0 aliphatic rings. The third-order valence-corrected chi connectivity index (χ3v) is 5.85. The molecule has 0 fully saturated rings. The van der Waals surface area contributed by atoms with Gasteiger partial charge in [-0.3, -0.25) is 0 Å². The molecule has 0 saturated heterocycles. The average Bonchev–Trinajstić information content (AvgIpc) is 2.52. The SMILES string of the molecule is Cc1ccc(S(=O)(=O)N(CCCN)Cc2ccccc2)c(Cl)c1. The molecule has 0 aliphatic heterocycles. The Labute approximate surface area is 142 Å². The minimum absolute atomic E-state index is 0.137. The van der Waals surface area contributed by atoms with Crippen molar-refractivity contribution >= 4 is 21.6 Å². The molecule has 2 N–H and O–H groups in total. The summed E-state index contributed by atoms with van der Waals surface area (Å²) in [6.45, 7) is 2.96. The van der Waals surface area contributed by atoms with Gasteiger partial charge in [0.1, 0.15) is 4.90 Å². The van der Waals surface area contributed by atoms with Crippen LogP contribution in [0.5, 0.6) is 0 Å². The van der Waals surface area contributed by atoms with Gasteiger partial charge >= 0.3 is 0 Å². The van der Waals surface area contributed by atoms with Crippen LogP contribution < -0.4 is 5.73 Å². The Morgan fingerprint density at radius 3 is 2.43 bits per heavy atom. The predicted octanol–water partition coefficient (Wildman–Crippen LogP) is 3.19. The highest BCUT2D eigenvalue weighted by atomic mass is 35.5. The molecule has 4 nitrogen and oxygen atoms in total. The monoisotopic (exact) mass is 352 g/mol. The molecule has 23 heavy (non-hydrogen) atoms. The summed E-state index contributed by atoms with van der Waals surface area (Å²) in [7, 11) is -3.67. The van der Waals surface area contributed by atoms with Crippen molar-refractivity contribution in [3.05, 3.63) is 64.7 Å². The molecule has 124 valence electrons. The van der Waals surface area contributed by atoms with Crippen LogP contribution in [0.25, 0.3) is 0 Å². The van der Waals surface area contributed by atoms with Crippen LogP contribution in [-0.2, 0) is 16.6 Å². The van der Waals surface area contributed by atoms with Gasteiger partial charge in [-0.15, -0.1) is 0 Å². The number of benzene rings is 2. The first kappa shape index (κ1) is 17.9. The van der Waals surface area contributed by atoms with E-state index in [0.29, 0.717) is 26.1 Å². The lowest BCUT2D eigenvalue weighted by Gasteiger charge is -2.23. The second kappa shape index (κ2) is 7.93. The van der Waals surface area contributed by atoms with Gasteiger partial charge in [0.05, 0.1) is 5.02 Å². The van der Waals surface area contributed by atoms with Crippen molar-refractivity contribution in [3.63, 3.8) is 0 Å². The van der Waals surface area contributed by atoms with Crippen LogP contribution in [-0.4, -0.2) is 25.8 Å². The first-order chi connectivity index (χ1) is 10.9. The summed E-state index contributed by atoms with van der Waals surface area (Å²) in [4.78, 5) is 0.137. The second-order valence-electron chi connectivity index (χ2n) is 5.40. The van der Waals surface area contributed by atoms with E-state index in [-0.39, 0.29) is 9.92 Å². The van der Waals surface area contributed by atoms with E-state index in [1.807, 2.05) is 37.3 Å². The summed E-state index contributed by atoms with van der Waals surface area (Å²) in [5.41, 5.74) is 7.40. The lowest BCUT2D eigenvalue weighted by molar-refractivity contribution is 0.402. The van der Waals surface area contributed by atoms with Gasteiger partial charge in [0.15, 0.2) is 0 Å². The highest BCUT2D eigenvalue weighted by Crippen LogP contribution is 2.26. The van der Waals surface area contributed by atoms with Crippen LogP contribution in [0, 0.1) is 6.92 Å². The van der Waals surface area contributed by atoms with Gasteiger partial charge in [-0.25, -0.2) is 8.42 Å². The van der Waals surface area contributed by atoms with Crippen LogP contribution in [0.3, 0.4) is 0 Å². The molecular weight excluding hydrogens is 332 g/mol. The van der Waals surface area contributed by atoms with Crippen molar-refractivity contribution in [2.75, 3.05) is 13.1 Å². The van der Waals surface area contributed by atoms with E-state index < -0.39 is 10.0 Å². The Kier molecular flexibility index (Phi) is 6.18. The van der Waals surface area contributed by atoms with Crippen LogP contribution in [0.1, 0.15) is 17.5 Å². The molecule has 2 aromatic rings. The maximum atomic E-state index is 13.0. The molecule has 0 heterocycles. The lowest BCUT2D eigenvalue weighted by Crippen LogP contribution is -2.32. The smallest absolute Gasteiger partial charge is 0.244 e. The Morgan fingerprint density at radius 2 is 1.83 bits per heavy atom. The molecule has 0 aliphatic carbocycles. The van der Waals surface area contributed by atoms with Gasteiger partial charge in [-0.05, 0) is 43.1 Å². The van der Waals surface area contributed by atoms with E-state index >= 15 is 0 Å². The zero-order valence-corrected chi connectivity index (χ0v) is 14.6. The maximum absolute atomic E-state index is 13.0. The quantitative estimate of drug-likeness (QED) is 0.832. The zero-order valence-electron chi connectivity index (χ0n) is 13.1. The normalized spacial score (nSPS) is 11.8. The number of rotatable bonds is 7. The number of hydrogen-bond donors (Lipinski definition) is 1. The standard InChI is InChI=1S/C17H21ClN2O2S/c1-14-8-9-17(16(18)12-14)23(21,22)20(11-5-10-19)13-15-6-3-2-4-7-15/h2-4,6-9,12H,5,10-11,13,19H2,1H3. The predicted molar refractivity (Wildman–Crippen MR) is 93.9 cm³/mol. The van der Waals surface area contributed by atoms with Gasteiger partial charge in [0.25, 0.3) is 0 Å². The van der Waals surface area contributed by atoms with Crippen molar-refractivity contribution in [2.45, 2.75) is 24.8 Å². The molecule has 0 aromatic heterocycles. The summed E-state index contributed by atoms with van der Waals surface area (Å²) < 4.78 is 27.4. The van der Waals surface area contributed by atoms with E-state index in [0.717, 1.165) is 11.1 Å². The average molecular weight is 353 g/mol. The maximum Gasteiger partial charge on any atom is 0.244 e. The Balaban J connectivity index is 2.36. The Bertz CT molecular complexity index is 748. The highest BCUT2D eigenvalue weighted by Gasteiger charge is 2.26. The van der Waals surface area contributed by atoms with E-state index in [9.17, 15) is 8.42 Å². The zero-order chi connectivity index (χ0) is 16.9. The van der Waals surface area contributed by atoms with E-state index in [1.54, 1.807) is 18.2 Å². The first-order valence-corrected chi connectivity index (χ1v) is 9.27. The Morgan fingerprint density at radius 1 is 1.13 bits per heavy atom. The number of nitrogens with two attached hydrogens (primary N) is 1. The molecule has 0 spiro atoms. The Hall–Kier alpha value is -1.40. The molecule has 0 radical (unpaired) electrons. The van der Waals surface area contributed by atoms with Gasteiger partial charge < -0.3 is 5.73 Å². The van der Waals surface area contributed by atoms with Crippen LogP contribution in [0.4, 0.5) is 0 Å². The molecule has 0 bridgehead atoms. The molecule has 2 aromatic carbocycles. The van der Waals surface area contributed by atoms with Crippen molar-refractivity contribution < 1.29 is 8.42 Å². The summed E-state index contributed by atoms with van der Waals surface area (Å²) in [5, 5.41) is 0.246. The van der Waals surface area contributed by atoms with Crippen molar-refractivity contribution in [1.82, 2.24) is 4.31 Å². The number of nitrogens with zero attached hydrogens (tertiary/aromatic N) is 1. The van der Waals surface area contributed by atoms with Crippen molar-refractivity contribution in [3.8, 4) is 0 Å². The van der Waals surface area contributed by atoms with Crippen LogP contribution in [0.15, 0.2) is 53.4 Å². The number of hydrogen-bond acceptors (Lipinski definition) is 3. The van der Waals surface area contributed by atoms with Crippen molar-refractivity contribution in [2.24, 2.45) is 5.73 Å². The van der Waals surface area contributed by atoms with Crippen molar-refractivity contribution in [1.29, 1.82) is 0 Å². The third kappa shape index (κ3) is 4.54. The fourth-order valence-electron chi connectivity index (χ4n) is 2.29. The largest absolute Gasteiger partial charge is 0.330 e. The van der Waals surface area contributed by atoms with E-state index in [2.05, 4.69) is 0 Å². The fourth-order valence-corrected chi connectivity index (χ4v) is 4.33. The second-order valence-corrected chi connectivity index (χ2v) is 7.71. The molecule has 2 rings (SSSR count). The molecule has 0 amide bonds. The van der Waals surface area contributed by atoms with Gasteiger partial charge in [0, 0.05) is 13.1 Å². The topological polar surface area (TPSA) is 63.4 Å². The first-order valence-electron chi connectivity index (χ1n) is 7.45. The molecular formula is C17H21ClN2O2S. The minimum Gasteiger partial charge on any atom is -0.330 e. The summed E-state index contributed by atoms with van der Waals surface area (Å²) in [6.07, 6.45) is 0.593. The van der Waals surface area contributed by atoms with Crippen LogP contribution >= 0.6 is 11.6 Å². The number of sulfonamides is 1. The highest BCUT2D eigenvalue weighted by molar-refractivity contribution is 7.89. The summed E-state index contributed by atoms with van der Waals surface area (Å²) >= 11 is 6.16. The van der Waals surface area contributed by atoms with Gasteiger partial charge in [-0.1, -0.05) is 48.0 Å². The van der Waals surface area contributed by atoms with E-state index in [4.69, 9.17) is 17.3 Å².